The molecule has 2 amide bonds. The highest BCUT2D eigenvalue weighted by Crippen LogP contribution is 2.37. The van der Waals surface area contributed by atoms with E-state index in [0.29, 0.717) is 6.04 Å². The maximum atomic E-state index is 12.6. The third-order valence-electron chi connectivity index (χ3n) is 5.66. The number of nitrogens with zero attached hydrogens (tertiary/aromatic N) is 2. The van der Waals surface area contributed by atoms with Crippen LogP contribution in [0.15, 0.2) is 54.6 Å². The predicted molar refractivity (Wildman–Crippen MR) is 101 cm³/mol. The summed E-state index contributed by atoms with van der Waals surface area (Å²) in [6, 6.07) is 19.2. The Morgan fingerprint density at radius 2 is 1.84 bits per heavy atom. The number of nitrogens with one attached hydrogen (secondary N) is 1. The first-order chi connectivity index (χ1) is 12.2. The first kappa shape index (κ1) is 16.2. The highest BCUT2D eigenvalue weighted by Gasteiger charge is 2.35. The van der Waals surface area contributed by atoms with Crippen LogP contribution >= 0.6 is 0 Å². The van der Waals surface area contributed by atoms with Gasteiger partial charge < -0.3 is 10.2 Å². The van der Waals surface area contributed by atoms with Crippen molar-refractivity contribution < 1.29 is 4.79 Å². The van der Waals surface area contributed by atoms with E-state index in [2.05, 4.69) is 34.5 Å². The number of hydrogen-bond acceptors (Lipinski definition) is 2. The molecule has 2 aliphatic heterocycles. The lowest BCUT2D eigenvalue weighted by molar-refractivity contribution is 0.0842. The van der Waals surface area contributed by atoms with Crippen molar-refractivity contribution in [2.75, 3.05) is 25.5 Å². The lowest BCUT2D eigenvalue weighted by Gasteiger charge is -2.45. The minimum atomic E-state index is -0.0197. The minimum absolute atomic E-state index is 0.0197. The van der Waals surface area contributed by atoms with E-state index in [1.807, 2.05) is 42.3 Å². The van der Waals surface area contributed by atoms with E-state index in [0.717, 1.165) is 38.0 Å². The summed E-state index contributed by atoms with van der Waals surface area (Å²) < 4.78 is 0. The standard InChI is InChI=1S/C21H25N3O/c1-23(21(25)22-17-8-3-2-4-9-17)18-12-14-24-13-11-16-7-5-6-10-19(16)20(24)15-18/h2-10,18,20H,11-15H2,1H3,(H,22,25). The molecule has 4 nitrogen and oxygen atoms in total. The van der Waals surface area contributed by atoms with E-state index in [1.54, 1.807) is 0 Å². The molecule has 1 saturated heterocycles. The quantitative estimate of drug-likeness (QED) is 0.903. The van der Waals surface area contributed by atoms with Gasteiger partial charge >= 0.3 is 6.03 Å². The number of rotatable bonds is 2. The van der Waals surface area contributed by atoms with Crippen LogP contribution in [0.25, 0.3) is 0 Å². The molecule has 0 radical (unpaired) electrons. The van der Waals surface area contributed by atoms with Gasteiger partial charge in [-0.25, -0.2) is 4.79 Å². The third kappa shape index (κ3) is 3.27. The molecule has 2 heterocycles. The van der Waals surface area contributed by atoms with Crippen molar-refractivity contribution in [2.24, 2.45) is 0 Å². The van der Waals surface area contributed by atoms with Crippen molar-refractivity contribution >= 4 is 11.7 Å². The Kier molecular flexibility index (Phi) is 4.45. The number of carbonyl (C=O) groups is 1. The van der Waals surface area contributed by atoms with Crippen LogP contribution in [-0.2, 0) is 6.42 Å². The van der Waals surface area contributed by atoms with E-state index in [1.165, 1.54) is 11.1 Å². The van der Waals surface area contributed by atoms with Crippen molar-refractivity contribution in [3.05, 3.63) is 65.7 Å². The molecule has 0 bridgehead atoms. The van der Waals surface area contributed by atoms with E-state index in [-0.39, 0.29) is 12.1 Å². The van der Waals surface area contributed by atoms with Gasteiger partial charge in [-0.2, -0.15) is 0 Å². The number of carbonyl (C=O) groups excluding carboxylic acids is 1. The summed E-state index contributed by atoms with van der Waals surface area (Å²) in [4.78, 5) is 17.1. The van der Waals surface area contributed by atoms with Crippen LogP contribution in [0.5, 0.6) is 0 Å². The van der Waals surface area contributed by atoms with Gasteiger partial charge in [0.25, 0.3) is 0 Å². The van der Waals surface area contributed by atoms with Crippen molar-refractivity contribution in [1.29, 1.82) is 0 Å². The summed E-state index contributed by atoms with van der Waals surface area (Å²) in [5, 5.41) is 3.00. The minimum Gasteiger partial charge on any atom is -0.324 e. The van der Waals surface area contributed by atoms with Gasteiger partial charge in [0.05, 0.1) is 0 Å². The SMILES string of the molecule is CN(C(=O)Nc1ccccc1)C1CCN2CCc3ccccc3C2C1. The Morgan fingerprint density at radius 1 is 1.08 bits per heavy atom. The zero-order chi connectivity index (χ0) is 17.2. The topological polar surface area (TPSA) is 35.6 Å². The van der Waals surface area contributed by atoms with Crippen LogP contribution in [0, 0.1) is 0 Å². The van der Waals surface area contributed by atoms with Crippen molar-refractivity contribution in [3.8, 4) is 0 Å². The highest BCUT2D eigenvalue weighted by atomic mass is 16.2. The Bertz CT molecular complexity index is 746. The van der Waals surface area contributed by atoms with Crippen LogP contribution in [0.4, 0.5) is 10.5 Å². The molecule has 2 aromatic rings. The number of piperidine rings is 1. The molecule has 0 saturated carbocycles. The summed E-state index contributed by atoms with van der Waals surface area (Å²) >= 11 is 0. The van der Waals surface area contributed by atoms with Crippen LogP contribution < -0.4 is 5.32 Å². The maximum Gasteiger partial charge on any atom is 0.321 e. The molecule has 4 rings (SSSR count). The van der Waals surface area contributed by atoms with Crippen molar-refractivity contribution in [1.82, 2.24) is 9.80 Å². The van der Waals surface area contributed by atoms with E-state index in [4.69, 9.17) is 0 Å². The fourth-order valence-corrected chi connectivity index (χ4v) is 4.19. The smallest absolute Gasteiger partial charge is 0.321 e. The number of anilines is 1. The molecule has 0 aliphatic carbocycles. The van der Waals surface area contributed by atoms with Gasteiger partial charge in [0.2, 0.25) is 0 Å². The average molecular weight is 335 g/mol. The maximum absolute atomic E-state index is 12.6. The Balaban J connectivity index is 1.46. The number of hydrogen-bond donors (Lipinski definition) is 1. The predicted octanol–water partition coefficient (Wildman–Crippen LogP) is 3.91. The van der Waals surface area contributed by atoms with Gasteiger partial charge in [0.15, 0.2) is 0 Å². The summed E-state index contributed by atoms with van der Waals surface area (Å²) in [5.74, 6) is 0. The fraction of sp³-hybridized carbons (Fsp3) is 0.381. The summed E-state index contributed by atoms with van der Waals surface area (Å²) in [7, 11) is 1.92. The van der Waals surface area contributed by atoms with Gasteiger partial charge in [-0.15, -0.1) is 0 Å². The lowest BCUT2D eigenvalue weighted by atomic mass is 9.85. The molecule has 2 atom stereocenters. The molecule has 2 aliphatic rings. The molecule has 1 N–H and O–H groups in total. The van der Waals surface area contributed by atoms with E-state index < -0.39 is 0 Å². The molecule has 1 fully saturated rings. The van der Waals surface area contributed by atoms with Crippen molar-refractivity contribution in [2.45, 2.75) is 31.3 Å². The van der Waals surface area contributed by atoms with Gasteiger partial charge in [0.1, 0.15) is 0 Å². The second kappa shape index (κ2) is 6.89. The molecule has 2 aromatic carbocycles. The number of benzene rings is 2. The molecule has 2 unspecified atom stereocenters. The second-order valence-electron chi connectivity index (χ2n) is 7.09. The molecule has 0 aromatic heterocycles. The van der Waals surface area contributed by atoms with Gasteiger partial charge in [-0.3, -0.25) is 4.90 Å². The molecule has 0 spiro atoms. The number of urea groups is 1. The van der Waals surface area contributed by atoms with E-state index in [9.17, 15) is 4.79 Å². The largest absolute Gasteiger partial charge is 0.324 e. The molecular weight excluding hydrogens is 310 g/mol. The van der Waals surface area contributed by atoms with Crippen LogP contribution in [0.2, 0.25) is 0 Å². The molecule has 130 valence electrons. The van der Waals surface area contributed by atoms with Gasteiger partial charge in [-0.05, 0) is 42.5 Å². The van der Waals surface area contributed by atoms with Crippen LogP contribution in [-0.4, -0.2) is 42.0 Å². The Morgan fingerprint density at radius 3 is 2.68 bits per heavy atom. The first-order valence-corrected chi connectivity index (χ1v) is 9.13. The van der Waals surface area contributed by atoms with Crippen molar-refractivity contribution in [3.63, 3.8) is 0 Å². The van der Waals surface area contributed by atoms with Gasteiger partial charge in [-0.1, -0.05) is 42.5 Å². The summed E-state index contributed by atoms with van der Waals surface area (Å²) in [6.45, 7) is 2.20. The molecular formula is C21H25N3O. The number of amides is 2. The highest BCUT2D eigenvalue weighted by molar-refractivity contribution is 5.89. The number of fused-ring (bicyclic) bond motifs is 3. The monoisotopic (exact) mass is 335 g/mol. The lowest BCUT2D eigenvalue weighted by Crippen LogP contribution is -2.49. The average Bonchev–Trinajstić information content (AvgIpc) is 2.67. The molecule has 25 heavy (non-hydrogen) atoms. The second-order valence-corrected chi connectivity index (χ2v) is 7.09. The Hall–Kier alpha value is -2.33. The fourth-order valence-electron chi connectivity index (χ4n) is 4.19. The zero-order valence-corrected chi connectivity index (χ0v) is 14.7. The Labute approximate surface area is 149 Å². The van der Waals surface area contributed by atoms with Crippen LogP contribution in [0.1, 0.15) is 30.0 Å². The number of para-hydroxylation sites is 1. The van der Waals surface area contributed by atoms with E-state index >= 15 is 0 Å². The molecule has 4 heteroatoms. The normalized spacial score (nSPS) is 22.6. The van der Waals surface area contributed by atoms with Gasteiger partial charge in [0, 0.05) is 37.9 Å². The third-order valence-corrected chi connectivity index (χ3v) is 5.66. The summed E-state index contributed by atoms with van der Waals surface area (Å²) in [6.07, 6.45) is 3.19. The van der Waals surface area contributed by atoms with Crippen LogP contribution in [0.3, 0.4) is 0 Å². The zero-order valence-electron chi connectivity index (χ0n) is 14.7. The summed E-state index contributed by atoms with van der Waals surface area (Å²) in [5.41, 5.74) is 3.77. The first-order valence-electron chi connectivity index (χ1n) is 9.13.